The lowest BCUT2D eigenvalue weighted by Crippen LogP contribution is -2.54. The lowest BCUT2D eigenvalue weighted by molar-refractivity contribution is -0.135. The van der Waals surface area contributed by atoms with Crippen molar-refractivity contribution in [2.75, 3.05) is 46.8 Å². The Kier molecular flexibility index (Phi) is 5.80. The highest BCUT2D eigenvalue weighted by Gasteiger charge is 2.25. The normalized spacial score (nSPS) is 17.7. The molecular weight excluding hydrogens is 244 g/mol. The lowest BCUT2D eigenvalue weighted by atomic mass is 10.2. The van der Waals surface area contributed by atoms with Gasteiger partial charge in [0.2, 0.25) is 11.8 Å². The third kappa shape index (κ3) is 4.54. The van der Waals surface area contributed by atoms with Crippen LogP contribution in [0.25, 0.3) is 0 Å². The molecule has 0 aromatic rings. The summed E-state index contributed by atoms with van der Waals surface area (Å²) >= 11 is 0. The molecule has 0 spiro atoms. The Labute approximate surface area is 114 Å². The molecule has 0 aliphatic carbocycles. The van der Waals surface area contributed by atoms with Gasteiger partial charge in [0.25, 0.3) is 0 Å². The topological polar surface area (TPSA) is 69.9 Å². The third-order valence-corrected chi connectivity index (χ3v) is 3.20. The molecule has 0 aromatic heterocycles. The van der Waals surface area contributed by atoms with E-state index in [1.165, 1.54) is 0 Å². The number of carbonyl (C=O) groups excluding carboxylic acids is 2. The number of terminal acetylenes is 1. The van der Waals surface area contributed by atoms with E-state index in [9.17, 15) is 9.59 Å². The largest absolute Gasteiger partial charge is 0.348 e. The molecule has 1 rings (SSSR count). The van der Waals surface area contributed by atoms with Gasteiger partial charge in [0.15, 0.2) is 0 Å². The second-order valence-electron chi connectivity index (χ2n) is 4.90. The van der Waals surface area contributed by atoms with E-state index in [0.29, 0.717) is 32.7 Å². The average molecular weight is 266 g/mol. The molecule has 6 nitrogen and oxygen atoms in total. The molecule has 19 heavy (non-hydrogen) atoms. The molecule has 1 aliphatic rings. The second kappa shape index (κ2) is 7.12. The second-order valence-corrected chi connectivity index (χ2v) is 4.90. The van der Waals surface area contributed by atoms with Crippen molar-refractivity contribution in [1.82, 2.24) is 14.7 Å². The van der Waals surface area contributed by atoms with Crippen molar-refractivity contribution in [2.24, 2.45) is 5.73 Å². The number of hydrogen-bond acceptors (Lipinski definition) is 4. The Morgan fingerprint density at radius 2 is 1.89 bits per heavy atom. The summed E-state index contributed by atoms with van der Waals surface area (Å²) in [5.74, 6) is 2.37. The average Bonchev–Trinajstić information content (AvgIpc) is 2.39. The van der Waals surface area contributed by atoms with Crippen molar-refractivity contribution in [3.63, 3.8) is 0 Å². The van der Waals surface area contributed by atoms with Crippen molar-refractivity contribution < 1.29 is 9.59 Å². The van der Waals surface area contributed by atoms with Crippen LogP contribution in [-0.2, 0) is 9.59 Å². The first-order valence-corrected chi connectivity index (χ1v) is 6.36. The van der Waals surface area contributed by atoms with Crippen LogP contribution in [-0.4, -0.2) is 79.4 Å². The van der Waals surface area contributed by atoms with Crippen LogP contribution >= 0.6 is 0 Å². The van der Waals surface area contributed by atoms with E-state index in [1.807, 2.05) is 4.90 Å². The van der Waals surface area contributed by atoms with Gasteiger partial charge >= 0.3 is 0 Å². The monoisotopic (exact) mass is 266 g/mol. The first-order chi connectivity index (χ1) is 8.95. The van der Waals surface area contributed by atoms with Gasteiger partial charge in [0.1, 0.15) is 0 Å². The van der Waals surface area contributed by atoms with Crippen LogP contribution in [0.5, 0.6) is 0 Å². The molecule has 6 heteroatoms. The van der Waals surface area contributed by atoms with Crippen LogP contribution in [0.1, 0.15) is 6.42 Å². The Morgan fingerprint density at radius 3 is 2.37 bits per heavy atom. The zero-order valence-electron chi connectivity index (χ0n) is 11.6. The summed E-state index contributed by atoms with van der Waals surface area (Å²) in [6.07, 6.45) is 5.41. The number of nitrogens with zero attached hydrogens (tertiary/aromatic N) is 3. The first-order valence-electron chi connectivity index (χ1n) is 6.36. The zero-order valence-corrected chi connectivity index (χ0v) is 11.6. The molecule has 0 aromatic carbocycles. The highest BCUT2D eigenvalue weighted by molar-refractivity contribution is 5.82. The smallest absolute Gasteiger partial charge is 0.240 e. The van der Waals surface area contributed by atoms with Crippen LogP contribution in [0.2, 0.25) is 0 Å². The third-order valence-electron chi connectivity index (χ3n) is 3.20. The maximum absolute atomic E-state index is 11.9. The molecule has 0 bridgehead atoms. The van der Waals surface area contributed by atoms with Crippen LogP contribution in [0, 0.1) is 12.3 Å². The van der Waals surface area contributed by atoms with Gasteiger partial charge in [-0.05, 0) is 0 Å². The number of likely N-dealkylation sites (N-methyl/N-ethyl adjacent to an activating group) is 1. The molecule has 1 atom stereocenters. The molecule has 2 N–H and O–H groups in total. The Morgan fingerprint density at radius 1 is 1.32 bits per heavy atom. The van der Waals surface area contributed by atoms with Crippen molar-refractivity contribution in [3.8, 4) is 12.3 Å². The summed E-state index contributed by atoms with van der Waals surface area (Å²) in [4.78, 5) is 28.8. The summed E-state index contributed by atoms with van der Waals surface area (Å²) in [5.41, 5.74) is 5.71. The predicted molar refractivity (Wildman–Crippen MR) is 73.1 cm³/mol. The van der Waals surface area contributed by atoms with Gasteiger partial charge in [0, 0.05) is 46.7 Å². The molecule has 0 saturated carbocycles. The summed E-state index contributed by atoms with van der Waals surface area (Å²) in [7, 11) is 3.47. The fraction of sp³-hybridized carbons (Fsp3) is 0.692. The Hall–Kier alpha value is -1.58. The zero-order chi connectivity index (χ0) is 14.4. The SMILES string of the molecule is C#CCC(N)C(=O)N1CCN(CC(=O)N(C)C)CC1. The maximum Gasteiger partial charge on any atom is 0.240 e. The Bertz CT molecular complexity index is 367. The lowest BCUT2D eigenvalue weighted by Gasteiger charge is -2.35. The minimum Gasteiger partial charge on any atom is -0.348 e. The Balaban J connectivity index is 2.39. The predicted octanol–water partition coefficient (Wildman–Crippen LogP) is -1.43. The van der Waals surface area contributed by atoms with E-state index in [2.05, 4.69) is 5.92 Å². The summed E-state index contributed by atoms with van der Waals surface area (Å²) in [6.45, 7) is 2.96. The highest BCUT2D eigenvalue weighted by atomic mass is 16.2. The van der Waals surface area contributed by atoms with Gasteiger partial charge in [-0.2, -0.15) is 0 Å². The number of carbonyl (C=O) groups is 2. The van der Waals surface area contributed by atoms with E-state index >= 15 is 0 Å². The van der Waals surface area contributed by atoms with E-state index in [1.54, 1.807) is 23.9 Å². The van der Waals surface area contributed by atoms with Crippen molar-refractivity contribution >= 4 is 11.8 Å². The highest BCUT2D eigenvalue weighted by Crippen LogP contribution is 2.05. The van der Waals surface area contributed by atoms with Crippen LogP contribution in [0.15, 0.2) is 0 Å². The van der Waals surface area contributed by atoms with E-state index < -0.39 is 6.04 Å². The summed E-state index contributed by atoms with van der Waals surface area (Å²) in [6, 6.07) is -0.611. The maximum atomic E-state index is 11.9. The van der Waals surface area contributed by atoms with Crippen molar-refractivity contribution in [1.29, 1.82) is 0 Å². The minimum absolute atomic E-state index is 0.0730. The molecule has 0 radical (unpaired) electrons. The van der Waals surface area contributed by atoms with Gasteiger partial charge in [-0.25, -0.2) is 0 Å². The van der Waals surface area contributed by atoms with E-state index in [-0.39, 0.29) is 18.2 Å². The fourth-order valence-corrected chi connectivity index (χ4v) is 1.91. The van der Waals surface area contributed by atoms with E-state index in [0.717, 1.165) is 0 Å². The van der Waals surface area contributed by atoms with Crippen LogP contribution in [0.4, 0.5) is 0 Å². The first kappa shape index (κ1) is 15.5. The molecule has 1 heterocycles. The number of rotatable bonds is 4. The quantitative estimate of drug-likeness (QED) is 0.633. The number of hydrogen-bond donors (Lipinski definition) is 1. The van der Waals surface area contributed by atoms with Crippen LogP contribution in [0.3, 0.4) is 0 Å². The number of piperazine rings is 1. The van der Waals surface area contributed by atoms with Crippen molar-refractivity contribution in [2.45, 2.75) is 12.5 Å². The molecule has 1 aliphatic heterocycles. The molecule has 106 valence electrons. The molecule has 1 saturated heterocycles. The molecule has 1 unspecified atom stereocenters. The standard InChI is InChI=1S/C13H22N4O2/c1-4-5-11(14)13(19)17-8-6-16(7-9-17)10-12(18)15(2)3/h1,11H,5-10,14H2,2-3H3. The minimum atomic E-state index is -0.611. The van der Waals surface area contributed by atoms with Gasteiger partial charge in [-0.15, -0.1) is 12.3 Å². The molecular formula is C13H22N4O2. The van der Waals surface area contributed by atoms with Crippen LogP contribution < -0.4 is 5.73 Å². The summed E-state index contributed by atoms with van der Waals surface area (Å²) < 4.78 is 0. The molecule has 2 amide bonds. The van der Waals surface area contributed by atoms with Crippen molar-refractivity contribution in [3.05, 3.63) is 0 Å². The van der Waals surface area contributed by atoms with Gasteiger partial charge in [0.05, 0.1) is 12.6 Å². The van der Waals surface area contributed by atoms with Gasteiger partial charge in [-0.1, -0.05) is 0 Å². The van der Waals surface area contributed by atoms with E-state index in [4.69, 9.17) is 12.2 Å². The van der Waals surface area contributed by atoms with Gasteiger partial charge < -0.3 is 15.5 Å². The summed E-state index contributed by atoms with van der Waals surface area (Å²) in [5, 5.41) is 0. The number of amides is 2. The fourth-order valence-electron chi connectivity index (χ4n) is 1.91. The molecule has 1 fully saturated rings. The van der Waals surface area contributed by atoms with Gasteiger partial charge in [-0.3, -0.25) is 14.5 Å². The number of nitrogens with two attached hydrogens (primary N) is 1.